The average Bonchev–Trinajstić information content (AvgIpc) is 3.39. The van der Waals surface area contributed by atoms with Gasteiger partial charge in [-0.2, -0.15) is 0 Å². The Labute approximate surface area is 146 Å². The molecule has 1 atom stereocenters. The lowest BCUT2D eigenvalue weighted by Crippen LogP contribution is -2.33. The van der Waals surface area contributed by atoms with E-state index in [-0.39, 0.29) is 18.0 Å². The van der Waals surface area contributed by atoms with E-state index in [1.807, 2.05) is 0 Å². The van der Waals surface area contributed by atoms with Crippen LogP contribution in [0.5, 0.6) is 0 Å². The second-order valence-corrected chi connectivity index (χ2v) is 6.84. The number of hydrogen-bond donors (Lipinski definition) is 3. The van der Waals surface area contributed by atoms with Crippen LogP contribution >= 0.6 is 11.6 Å². The number of amides is 3. The fraction of sp³-hybridized carbons (Fsp3) is 0.444. The van der Waals surface area contributed by atoms with E-state index >= 15 is 0 Å². The molecule has 1 fully saturated rings. The molecule has 3 amide bonds. The van der Waals surface area contributed by atoms with Gasteiger partial charge in [0.05, 0.1) is 10.6 Å². The summed E-state index contributed by atoms with van der Waals surface area (Å²) < 4.78 is 0. The van der Waals surface area contributed by atoms with Crippen LogP contribution in [0.4, 0.5) is 10.5 Å². The van der Waals surface area contributed by atoms with Crippen LogP contribution in [0.15, 0.2) is 30.4 Å². The number of nitrogens with one attached hydrogen (secondary N) is 3. The molecule has 1 aromatic rings. The number of hydrogen-bond acceptors (Lipinski definition) is 2. The van der Waals surface area contributed by atoms with Crippen LogP contribution < -0.4 is 16.0 Å². The predicted octanol–water partition coefficient (Wildman–Crippen LogP) is 3.71. The van der Waals surface area contributed by atoms with Gasteiger partial charge < -0.3 is 16.0 Å². The van der Waals surface area contributed by atoms with Crippen molar-refractivity contribution < 1.29 is 9.59 Å². The summed E-state index contributed by atoms with van der Waals surface area (Å²) in [5, 5.41) is 8.94. The second-order valence-electron chi connectivity index (χ2n) is 6.43. The Morgan fingerprint density at radius 3 is 2.71 bits per heavy atom. The van der Waals surface area contributed by atoms with E-state index in [1.54, 1.807) is 18.2 Å². The van der Waals surface area contributed by atoms with Crippen molar-refractivity contribution in [3.8, 4) is 0 Å². The molecule has 0 saturated heterocycles. The second kappa shape index (κ2) is 7.71. The molecule has 3 rings (SSSR count). The summed E-state index contributed by atoms with van der Waals surface area (Å²) in [6, 6.07) is 4.94. The van der Waals surface area contributed by atoms with E-state index in [4.69, 9.17) is 11.6 Å². The topological polar surface area (TPSA) is 70.2 Å². The summed E-state index contributed by atoms with van der Waals surface area (Å²) in [5.41, 5.74) is 0.945. The zero-order chi connectivity index (χ0) is 16.9. The molecule has 128 valence electrons. The van der Waals surface area contributed by atoms with Gasteiger partial charge in [0.15, 0.2) is 0 Å². The normalized spacial score (nSPS) is 19.6. The molecule has 0 radical (unpaired) electrons. The lowest BCUT2D eigenvalue weighted by atomic mass is 9.94. The van der Waals surface area contributed by atoms with Gasteiger partial charge in [-0.25, -0.2) is 4.79 Å². The van der Waals surface area contributed by atoms with E-state index in [0.29, 0.717) is 28.7 Å². The molecule has 2 aliphatic rings. The van der Waals surface area contributed by atoms with Crippen molar-refractivity contribution in [1.29, 1.82) is 0 Å². The lowest BCUT2D eigenvalue weighted by Gasteiger charge is -2.18. The Morgan fingerprint density at radius 2 is 2.00 bits per heavy atom. The van der Waals surface area contributed by atoms with Crippen molar-refractivity contribution in [2.24, 2.45) is 5.92 Å². The molecular weight excluding hydrogens is 326 g/mol. The molecule has 1 aromatic carbocycles. The third-order valence-electron chi connectivity index (χ3n) is 4.31. The molecule has 0 aromatic heterocycles. The van der Waals surface area contributed by atoms with E-state index in [2.05, 4.69) is 28.1 Å². The molecule has 3 N–H and O–H groups in total. The number of benzene rings is 1. The molecule has 0 heterocycles. The summed E-state index contributed by atoms with van der Waals surface area (Å²) in [5.74, 6) is 0.298. The lowest BCUT2D eigenvalue weighted by molar-refractivity contribution is 0.0951. The number of carbonyl (C=O) groups is 2. The van der Waals surface area contributed by atoms with Crippen molar-refractivity contribution in [1.82, 2.24) is 10.6 Å². The first-order chi connectivity index (χ1) is 11.6. The van der Waals surface area contributed by atoms with Crippen LogP contribution in [0.2, 0.25) is 5.02 Å². The van der Waals surface area contributed by atoms with Crippen LogP contribution in [-0.4, -0.2) is 24.5 Å². The van der Waals surface area contributed by atoms with Crippen LogP contribution in [0.3, 0.4) is 0 Å². The maximum absolute atomic E-state index is 12.2. The number of urea groups is 1. The Morgan fingerprint density at radius 1 is 1.17 bits per heavy atom. The Kier molecular flexibility index (Phi) is 5.41. The molecule has 2 aliphatic carbocycles. The maximum atomic E-state index is 12.2. The van der Waals surface area contributed by atoms with Gasteiger partial charge in [0.1, 0.15) is 0 Å². The zero-order valence-electron chi connectivity index (χ0n) is 13.5. The SMILES string of the molecule is O=C(NC[C@H]1CC=CCC1)Nc1ccc(Cl)c(C(=O)NC2CC2)c1. The van der Waals surface area contributed by atoms with Crippen molar-refractivity contribution in [3.05, 3.63) is 40.9 Å². The fourth-order valence-corrected chi connectivity index (χ4v) is 2.93. The molecule has 1 saturated carbocycles. The summed E-state index contributed by atoms with van der Waals surface area (Å²) in [6.45, 7) is 0.652. The number of halogens is 1. The van der Waals surface area contributed by atoms with Gasteiger partial charge in [0.2, 0.25) is 0 Å². The van der Waals surface area contributed by atoms with Crippen LogP contribution in [0.1, 0.15) is 42.5 Å². The molecule has 5 nitrogen and oxygen atoms in total. The van der Waals surface area contributed by atoms with Gasteiger partial charge in [-0.05, 0) is 56.2 Å². The highest BCUT2D eigenvalue weighted by Crippen LogP contribution is 2.24. The summed E-state index contributed by atoms with van der Waals surface area (Å²) in [4.78, 5) is 24.2. The first kappa shape index (κ1) is 16.8. The monoisotopic (exact) mass is 347 g/mol. The van der Waals surface area contributed by atoms with Crippen LogP contribution in [0.25, 0.3) is 0 Å². The van der Waals surface area contributed by atoms with Crippen molar-refractivity contribution in [2.45, 2.75) is 38.1 Å². The van der Waals surface area contributed by atoms with E-state index in [9.17, 15) is 9.59 Å². The first-order valence-electron chi connectivity index (χ1n) is 8.42. The quantitative estimate of drug-likeness (QED) is 0.710. The smallest absolute Gasteiger partial charge is 0.319 e. The molecule has 6 heteroatoms. The minimum Gasteiger partial charge on any atom is -0.349 e. The summed E-state index contributed by atoms with van der Waals surface area (Å²) in [6.07, 6.45) is 9.55. The van der Waals surface area contributed by atoms with Crippen LogP contribution in [0, 0.1) is 5.92 Å². The first-order valence-corrected chi connectivity index (χ1v) is 8.80. The third-order valence-corrected chi connectivity index (χ3v) is 4.64. The molecule has 0 spiro atoms. The van der Waals surface area contributed by atoms with E-state index in [1.165, 1.54) is 0 Å². The maximum Gasteiger partial charge on any atom is 0.319 e. The Balaban J connectivity index is 1.54. The van der Waals surface area contributed by atoms with Crippen molar-refractivity contribution >= 4 is 29.2 Å². The number of allylic oxidation sites excluding steroid dienone is 2. The largest absolute Gasteiger partial charge is 0.349 e. The Hall–Kier alpha value is -2.01. The van der Waals surface area contributed by atoms with Crippen LogP contribution in [-0.2, 0) is 0 Å². The number of anilines is 1. The number of rotatable bonds is 5. The van der Waals surface area contributed by atoms with Gasteiger partial charge in [0, 0.05) is 18.3 Å². The van der Waals surface area contributed by atoms with Gasteiger partial charge in [0.25, 0.3) is 5.91 Å². The highest BCUT2D eigenvalue weighted by Gasteiger charge is 2.25. The molecular formula is C18H22ClN3O2. The predicted molar refractivity (Wildman–Crippen MR) is 95.4 cm³/mol. The zero-order valence-corrected chi connectivity index (χ0v) is 14.2. The molecule has 0 aliphatic heterocycles. The summed E-state index contributed by atoms with van der Waals surface area (Å²) >= 11 is 6.10. The molecule has 0 bridgehead atoms. The van der Waals surface area contributed by atoms with Gasteiger partial charge in [-0.3, -0.25) is 4.79 Å². The van der Waals surface area contributed by atoms with Gasteiger partial charge in [-0.15, -0.1) is 0 Å². The molecule has 0 unspecified atom stereocenters. The number of carbonyl (C=O) groups excluding carboxylic acids is 2. The minimum absolute atomic E-state index is 0.194. The van der Waals surface area contributed by atoms with E-state index < -0.39 is 0 Å². The van der Waals surface area contributed by atoms with Gasteiger partial charge in [-0.1, -0.05) is 23.8 Å². The van der Waals surface area contributed by atoms with Gasteiger partial charge >= 0.3 is 6.03 Å². The highest BCUT2D eigenvalue weighted by atomic mass is 35.5. The average molecular weight is 348 g/mol. The van der Waals surface area contributed by atoms with Crippen molar-refractivity contribution in [2.75, 3.05) is 11.9 Å². The standard InChI is InChI=1S/C18H22ClN3O2/c19-16-9-8-14(10-15(16)17(23)21-13-6-7-13)22-18(24)20-11-12-4-2-1-3-5-12/h1-2,8-10,12-13H,3-7,11H2,(H,21,23)(H2,20,22,24)/t12-/m0/s1. The molecule has 24 heavy (non-hydrogen) atoms. The van der Waals surface area contributed by atoms with Crippen molar-refractivity contribution in [3.63, 3.8) is 0 Å². The van der Waals surface area contributed by atoms with E-state index in [0.717, 1.165) is 32.1 Å². The fourth-order valence-electron chi connectivity index (χ4n) is 2.72. The minimum atomic E-state index is -0.263. The summed E-state index contributed by atoms with van der Waals surface area (Å²) in [7, 11) is 0. The Bertz CT molecular complexity index is 656. The third kappa shape index (κ3) is 4.74. The highest BCUT2D eigenvalue weighted by molar-refractivity contribution is 6.34.